The summed E-state index contributed by atoms with van der Waals surface area (Å²) in [5.74, 6) is 0.811. The molecule has 2 atom stereocenters. The van der Waals surface area contributed by atoms with E-state index in [0.717, 1.165) is 18.0 Å². The second kappa shape index (κ2) is 7.60. The molecular formula is C16H27N3O. The van der Waals surface area contributed by atoms with Crippen LogP contribution in [0.4, 0.5) is 0 Å². The highest BCUT2D eigenvalue weighted by molar-refractivity contribution is 5.19. The molecule has 1 aliphatic carbocycles. The Bertz CT molecular complexity index is 391. The Labute approximate surface area is 122 Å². The van der Waals surface area contributed by atoms with Crippen LogP contribution < -0.4 is 15.4 Å². The molecule has 0 radical (unpaired) electrons. The van der Waals surface area contributed by atoms with E-state index in [1.54, 1.807) is 13.3 Å². The first-order valence-electron chi connectivity index (χ1n) is 7.67. The van der Waals surface area contributed by atoms with E-state index in [4.69, 9.17) is 4.74 Å². The fourth-order valence-electron chi connectivity index (χ4n) is 2.87. The molecule has 0 amide bonds. The van der Waals surface area contributed by atoms with E-state index in [9.17, 15) is 0 Å². The first-order chi connectivity index (χ1) is 9.69. The molecule has 0 aliphatic heterocycles. The van der Waals surface area contributed by atoms with E-state index in [0.29, 0.717) is 18.1 Å². The van der Waals surface area contributed by atoms with Gasteiger partial charge in [-0.2, -0.15) is 0 Å². The van der Waals surface area contributed by atoms with Crippen molar-refractivity contribution < 1.29 is 4.74 Å². The second-order valence-electron chi connectivity index (χ2n) is 5.89. The van der Waals surface area contributed by atoms with Crippen molar-refractivity contribution in [2.24, 2.45) is 0 Å². The Morgan fingerprint density at radius 2 is 2.00 bits per heavy atom. The molecule has 1 heterocycles. The van der Waals surface area contributed by atoms with Gasteiger partial charge in [-0.3, -0.25) is 4.98 Å². The van der Waals surface area contributed by atoms with Gasteiger partial charge in [-0.1, -0.05) is 26.7 Å². The van der Waals surface area contributed by atoms with Crippen LogP contribution in [0, 0.1) is 0 Å². The minimum atomic E-state index is 0.543. The standard InChI is InChI=1S/C16H27N3O/c1-12(2)19-16-7-5-4-6-15(16)18-10-13-8-9-14(20-3)11-17-13/h8-9,11-12,15-16,18-19H,4-7,10H2,1-3H3. The maximum absolute atomic E-state index is 5.13. The van der Waals surface area contributed by atoms with Crippen LogP contribution in [-0.2, 0) is 6.54 Å². The highest BCUT2D eigenvalue weighted by Crippen LogP contribution is 2.19. The Kier molecular flexibility index (Phi) is 5.80. The van der Waals surface area contributed by atoms with Gasteiger partial charge in [0.15, 0.2) is 0 Å². The van der Waals surface area contributed by atoms with E-state index in [1.807, 2.05) is 12.1 Å². The van der Waals surface area contributed by atoms with Crippen molar-refractivity contribution in [1.82, 2.24) is 15.6 Å². The van der Waals surface area contributed by atoms with Crippen molar-refractivity contribution in [3.63, 3.8) is 0 Å². The zero-order valence-electron chi connectivity index (χ0n) is 12.9. The molecule has 2 N–H and O–H groups in total. The van der Waals surface area contributed by atoms with Crippen molar-refractivity contribution in [3.8, 4) is 5.75 Å². The Morgan fingerprint density at radius 3 is 2.60 bits per heavy atom. The van der Waals surface area contributed by atoms with Crippen molar-refractivity contribution in [1.29, 1.82) is 0 Å². The van der Waals surface area contributed by atoms with E-state index in [1.165, 1.54) is 25.7 Å². The molecule has 2 rings (SSSR count). The summed E-state index contributed by atoms with van der Waals surface area (Å²) in [6, 6.07) is 5.67. The molecule has 0 bridgehead atoms. The summed E-state index contributed by atoms with van der Waals surface area (Å²) in [5, 5.41) is 7.35. The van der Waals surface area contributed by atoms with Gasteiger partial charge in [0.05, 0.1) is 19.0 Å². The zero-order valence-corrected chi connectivity index (χ0v) is 12.9. The fourth-order valence-corrected chi connectivity index (χ4v) is 2.87. The largest absolute Gasteiger partial charge is 0.495 e. The van der Waals surface area contributed by atoms with Crippen molar-refractivity contribution in [2.75, 3.05) is 7.11 Å². The molecule has 2 unspecified atom stereocenters. The van der Waals surface area contributed by atoms with Crippen LogP contribution in [0.15, 0.2) is 18.3 Å². The van der Waals surface area contributed by atoms with Crippen LogP contribution in [0.2, 0.25) is 0 Å². The summed E-state index contributed by atoms with van der Waals surface area (Å²) in [4.78, 5) is 4.41. The Balaban J connectivity index is 1.86. The fraction of sp³-hybridized carbons (Fsp3) is 0.688. The van der Waals surface area contributed by atoms with Gasteiger partial charge in [-0.15, -0.1) is 0 Å². The third-order valence-electron chi connectivity index (χ3n) is 3.89. The SMILES string of the molecule is COc1ccc(CNC2CCCCC2NC(C)C)nc1. The van der Waals surface area contributed by atoms with Gasteiger partial charge in [0.2, 0.25) is 0 Å². The molecule has 0 saturated heterocycles. The lowest BCUT2D eigenvalue weighted by Gasteiger charge is -2.34. The number of nitrogens with one attached hydrogen (secondary N) is 2. The number of aromatic nitrogens is 1. The zero-order chi connectivity index (χ0) is 14.4. The van der Waals surface area contributed by atoms with E-state index in [2.05, 4.69) is 29.5 Å². The first kappa shape index (κ1) is 15.3. The summed E-state index contributed by atoms with van der Waals surface area (Å²) in [6.45, 7) is 5.26. The first-order valence-corrected chi connectivity index (χ1v) is 7.67. The number of methoxy groups -OCH3 is 1. The van der Waals surface area contributed by atoms with Crippen molar-refractivity contribution >= 4 is 0 Å². The number of hydrogen-bond donors (Lipinski definition) is 2. The molecule has 4 nitrogen and oxygen atoms in total. The van der Waals surface area contributed by atoms with Gasteiger partial charge in [0.1, 0.15) is 5.75 Å². The number of hydrogen-bond acceptors (Lipinski definition) is 4. The molecule has 4 heteroatoms. The van der Waals surface area contributed by atoms with Crippen molar-refractivity contribution in [2.45, 2.75) is 64.2 Å². The predicted octanol–water partition coefficient (Wildman–Crippen LogP) is 2.49. The lowest BCUT2D eigenvalue weighted by Crippen LogP contribution is -2.51. The number of pyridine rings is 1. The summed E-state index contributed by atoms with van der Waals surface area (Å²) < 4.78 is 5.13. The molecule has 1 saturated carbocycles. The van der Waals surface area contributed by atoms with Gasteiger partial charge < -0.3 is 15.4 Å². The molecule has 1 aliphatic rings. The summed E-state index contributed by atoms with van der Waals surface area (Å²) in [7, 11) is 1.67. The van der Waals surface area contributed by atoms with Crippen LogP contribution >= 0.6 is 0 Å². The number of nitrogens with zero attached hydrogens (tertiary/aromatic N) is 1. The maximum Gasteiger partial charge on any atom is 0.137 e. The normalized spacial score (nSPS) is 23.0. The van der Waals surface area contributed by atoms with E-state index >= 15 is 0 Å². The Hall–Kier alpha value is -1.13. The van der Waals surface area contributed by atoms with Crippen LogP contribution in [0.5, 0.6) is 5.75 Å². The molecule has 1 aromatic heterocycles. The molecule has 20 heavy (non-hydrogen) atoms. The highest BCUT2D eigenvalue weighted by Gasteiger charge is 2.24. The third-order valence-corrected chi connectivity index (χ3v) is 3.89. The average Bonchev–Trinajstić information content (AvgIpc) is 2.46. The van der Waals surface area contributed by atoms with Crippen LogP contribution in [-0.4, -0.2) is 30.2 Å². The molecule has 1 fully saturated rings. The third kappa shape index (κ3) is 4.46. The molecule has 112 valence electrons. The monoisotopic (exact) mass is 277 g/mol. The second-order valence-corrected chi connectivity index (χ2v) is 5.89. The average molecular weight is 277 g/mol. The summed E-state index contributed by atoms with van der Waals surface area (Å²) in [6.07, 6.45) is 6.96. The van der Waals surface area contributed by atoms with Gasteiger partial charge in [-0.05, 0) is 25.0 Å². The lowest BCUT2D eigenvalue weighted by atomic mass is 9.89. The quantitative estimate of drug-likeness (QED) is 0.838. The van der Waals surface area contributed by atoms with Crippen LogP contribution in [0.3, 0.4) is 0 Å². The molecule has 1 aromatic rings. The highest BCUT2D eigenvalue weighted by atomic mass is 16.5. The van der Waals surface area contributed by atoms with Crippen LogP contribution in [0.1, 0.15) is 45.2 Å². The summed E-state index contributed by atoms with van der Waals surface area (Å²) in [5.41, 5.74) is 1.07. The van der Waals surface area contributed by atoms with Gasteiger partial charge in [0.25, 0.3) is 0 Å². The lowest BCUT2D eigenvalue weighted by molar-refractivity contribution is 0.269. The van der Waals surface area contributed by atoms with E-state index < -0.39 is 0 Å². The predicted molar refractivity (Wildman–Crippen MR) is 81.9 cm³/mol. The van der Waals surface area contributed by atoms with Gasteiger partial charge in [0, 0.05) is 24.7 Å². The topological polar surface area (TPSA) is 46.2 Å². The maximum atomic E-state index is 5.13. The minimum absolute atomic E-state index is 0.543. The molecular weight excluding hydrogens is 250 g/mol. The van der Waals surface area contributed by atoms with Gasteiger partial charge in [-0.25, -0.2) is 0 Å². The van der Waals surface area contributed by atoms with Crippen molar-refractivity contribution in [3.05, 3.63) is 24.0 Å². The minimum Gasteiger partial charge on any atom is -0.495 e. The van der Waals surface area contributed by atoms with Crippen LogP contribution in [0.25, 0.3) is 0 Å². The molecule has 0 spiro atoms. The smallest absolute Gasteiger partial charge is 0.137 e. The van der Waals surface area contributed by atoms with E-state index in [-0.39, 0.29) is 0 Å². The number of rotatable bonds is 6. The number of ether oxygens (including phenoxy) is 1. The summed E-state index contributed by atoms with van der Waals surface area (Å²) >= 11 is 0. The van der Waals surface area contributed by atoms with Gasteiger partial charge >= 0.3 is 0 Å². The molecule has 0 aromatic carbocycles. The Morgan fingerprint density at radius 1 is 1.25 bits per heavy atom.